The van der Waals surface area contributed by atoms with E-state index in [2.05, 4.69) is 10.3 Å². The van der Waals surface area contributed by atoms with Gasteiger partial charge in [-0.1, -0.05) is 36.4 Å². The lowest BCUT2D eigenvalue weighted by Crippen LogP contribution is -2.23. The van der Waals surface area contributed by atoms with Crippen LogP contribution in [0.3, 0.4) is 0 Å². The van der Waals surface area contributed by atoms with Crippen LogP contribution in [0.25, 0.3) is 27.4 Å². The van der Waals surface area contributed by atoms with E-state index in [0.29, 0.717) is 17.1 Å². The van der Waals surface area contributed by atoms with Crippen LogP contribution in [0.4, 0.5) is 14.5 Å². The summed E-state index contributed by atoms with van der Waals surface area (Å²) in [6.45, 7) is 0. The molecule has 32 heavy (non-hydrogen) atoms. The summed E-state index contributed by atoms with van der Waals surface area (Å²) >= 11 is 0. The second-order valence-electron chi connectivity index (χ2n) is 7.23. The largest absolute Gasteiger partial charge is 0.321 e. The van der Waals surface area contributed by atoms with Gasteiger partial charge >= 0.3 is 0 Å². The summed E-state index contributed by atoms with van der Waals surface area (Å²) in [5.41, 5.74) is 0.760. The number of nitrogens with one attached hydrogen (secondary N) is 1. The smallest absolute Gasteiger partial charge is 0.263 e. The lowest BCUT2D eigenvalue weighted by Gasteiger charge is -2.13. The highest BCUT2D eigenvalue weighted by atomic mass is 19.1. The van der Waals surface area contributed by atoms with Gasteiger partial charge in [0.05, 0.1) is 28.7 Å². The third-order valence-electron chi connectivity index (χ3n) is 5.19. The summed E-state index contributed by atoms with van der Waals surface area (Å²) < 4.78 is 28.8. The van der Waals surface area contributed by atoms with E-state index in [1.54, 1.807) is 30.3 Å². The molecule has 2 heterocycles. The van der Waals surface area contributed by atoms with Crippen LogP contribution in [0, 0.1) is 11.6 Å². The maximum absolute atomic E-state index is 14.4. The minimum atomic E-state index is -0.910. The van der Waals surface area contributed by atoms with Crippen molar-refractivity contribution in [2.75, 3.05) is 5.32 Å². The molecule has 5 rings (SSSR count). The van der Waals surface area contributed by atoms with E-state index in [-0.39, 0.29) is 16.6 Å². The first kappa shape index (κ1) is 19.6. The summed E-state index contributed by atoms with van der Waals surface area (Å²) in [5.74, 6) is -2.16. The van der Waals surface area contributed by atoms with Gasteiger partial charge < -0.3 is 5.32 Å². The van der Waals surface area contributed by atoms with Crippen molar-refractivity contribution in [3.63, 3.8) is 0 Å². The zero-order valence-electron chi connectivity index (χ0n) is 16.5. The molecular weight excluding hydrogens is 412 g/mol. The van der Waals surface area contributed by atoms with Crippen molar-refractivity contribution in [3.8, 4) is 5.69 Å². The van der Waals surface area contributed by atoms with Gasteiger partial charge in [0.15, 0.2) is 0 Å². The lowest BCUT2D eigenvalue weighted by molar-refractivity contribution is 0.102. The van der Waals surface area contributed by atoms with E-state index in [1.807, 2.05) is 24.3 Å². The van der Waals surface area contributed by atoms with E-state index < -0.39 is 23.1 Å². The van der Waals surface area contributed by atoms with Crippen molar-refractivity contribution in [3.05, 3.63) is 113 Å². The molecule has 0 fully saturated rings. The molecule has 1 amide bonds. The van der Waals surface area contributed by atoms with Crippen molar-refractivity contribution < 1.29 is 13.6 Å². The minimum absolute atomic E-state index is 0.149. The first-order valence-electron chi connectivity index (χ1n) is 9.77. The standard InChI is InChI=1S/C25H15F2N3O2/c26-16-9-10-23(21(27)12-16)30-14-20(18-6-2-3-7-19(18)25(30)32)24(31)29-17-11-15-5-1-4-8-22(15)28-13-17/h1-14H,(H,29,31). The van der Waals surface area contributed by atoms with Crippen LogP contribution in [-0.2, 0) is 0 Å². The van der Waals surface area contributed by atoms with E-state index in [0.717, 1.165) is 27.6 Å². The van der Waals surface area contributed by atoms with Crippen molar-refractivity contribution >= 4 is 33.3 Å². The Hall–Kier alpha value is -4.39. The van der Waals surface area contributed by atoms with E-state index in [9.17, 15) is 18.4 Å². The van der Waals surface area contributed by atoms with Gasteiger partial charge in [-0.15, -0.1) is 0 Å². The first-order chi connectivity index (χ1) is 15.5. The van der Waals surface area contributed by atoms with Gasteiger partial charge in [-0.3, -0.25) is 19.1 Å². The van der Waals surface area contributed by atoms with Gasteiger partial charge in [-0.2, -0.15) is 0 Å². The van der Waals surface area contributed by atoms with Crippen LogP contribution in [0.1, 0.15) is 10.4 Å². The summed E-state index contributed by atoms with van der Waals surface area (Å²) in [7, 11) is 0. The molecule has 0 aliphatic rings. The summed E-state index contributed by atoms with van der Waals surface area (Å²) in [4.78, 5) is 30.5. The maximum Gasteiger partial charge on any atom is 0.263 e. The lowest BCUT2D eigenvalue weighted by atomic mass is 10.1. The topological polar surface area (TPSA) is 64.0 Å². The highest BCUT2D eigenvalue weighted by Crippen LogP contribution is 2.22. The Labute approximate surface area is 180 Å². The van der Waals surface area contributed by atoms with Crippen molar-refractivity contribution in [1.82, 2.24) is 9.55 Å². The van der Waals surface area contributed by atoms with Crippen LogP contribution in [0.5, 0.6) is 0 Å². The number of para-hydroxylation sites is 1. The molecule has 5 nitrogen and oxygen atoms in total. The van der Waals surface area contributed by atoms with E-state index in [4.69, 9.17) is 0 Å². The van der Waals surface area contributed by atoms with Crippen molar-refractivity contribution in [2.45, 2.75) is 0 Å². The number of aromatic nitrogens is 2. The molecule has 0 radical (unpaired) electrons. The highest BCUT2D eigenvalue weighted by Gasteiger charge is 2.18. The number of fused-ring (bicyclic) bond motifs is 2. The van der Waals surface area contributed by atoms with E-state index in [1.165, 1.54) is 12.4 Å². The first-order valence-corrected chi connectivity index (χ1v) is 9.77. The van der Waals surface area contributed by atoms with Crippen LogP contribution in [0.2, 0.25) is 0 Å². The normalized spacial score (nSPS) is 11.1. The molecule has 0 saturated carbocycles. The number of rotatable bonds is 3. The number of pyridine rings is 2. The number of nitrogens with zero attached hydrogens (tertiary/aromatic N) is 2. The van der Waals surface area contributed by atoms with Crippen LogP contribution < -0.4 is 10.9 Å². The molecule has 0 atom stereocenters. The summed E-state index contributed by atoms with van der Waals surface area (Å²) in [5, 5.41) is 4.30. The van der Waals surface area contributed by atoms with Gasteiger partial charge in [0, 0.05) is 28.4 Å². The Morgan fingerprint density at radius 2 is 1.66 bits per heavy atom. The molecule has 0 spiro atoms. The fourth-order valence-electron chi connectivity index (χ4n) is 3.67. The molecule has 156 valence electrons. The van der Waals surface area contributed by atoms with Gasteiger partial charge in [-0.05, 0) is 30.3 Å². The fourth-order valence-corrected chi connectivity index (χ4v) is 3.67. The molecular formula is C25H15F2N3O2. The average molecular weight is 427 g/mol. The molecule has 0 unspecified atom stereocenters. The second-order valence-corrected chi connectivity index (χ2v) is 7.23. The monoisotopic (exact) mass is 427 g/mol. The second kappa shape index (κ2) is 7.70. The molecule has 5 aromatic rings. The summed E-state index contributed by atoms with van der Waals surface area (Å²) in [6.07, 6.45) is 2.81. The SMILES string of the molecule is O=C(Nc1cnc2ccccc2c1)c1cn(-c2ccc(F)cc2F)c(=O)c2ccccc12. The molecule has 0 aliphatic heterocycles. The van der Waals surface area contributed by atoms with Crippen molar-refractivity contribution in [2.24, 2.45) is 0 Å². The van der Waals surface area contributed by atoms with Crippen LogP contribution >= 0.6 is 0 Å². The number of carbonyl (C=O) groups is 1. The van der Waals surface area contributed by atoms with E-state index >= 15 is 0 Å². The number of hydrogen-bond donors (Lipinski definition) is 1. The highest BCUT2D eigenvalue weighted by molar-refractivity contribution is 6.13. The Balaban J connectivity index is 1.64. The zero-order chi connectivity index (χ0) is 22.2. The molecule has 1 N–H and O–H groups in total. The Bertz CT molecular complexity index is 1580. The molecule has 0 bridgehead atoms. The van der Waals surface area contributed by atoms with Gasteiger partial charge in [0.1, 0.15) is 11.6 Å². The predicted molar refractivity (Wildman–Crippen MR) is 119 cm³/mol. The Morgan fingerprint density at radius 3 is 2.47 bits per heavy atom. The fraction of sp³-hybridized carbons (Fsp3) is 0. The Morgan fingerprint density at radius 1 is 0.906 bits per heavy atom. The quantitative estimate of drug-likeness (QED) is 0.437. The maximum atomic E-state index is 14.4. The number of halogens is 2. The number of benzene rings is 3. The zero-order valence-corrected chi connectivity index (χ0v) is 16.5. The Kier molecular flexibility index (Phi) is 4.71. The molecule has 0 aliphatic carbocycles. The van der Waals surface area contributed by atoms with Gasteiger partial charge in [0.2, 0.25) is 0 Å². The number of amides is 1. The van der Waals surface area contributed by atoms with Crippen LogP contribution in [-0.4, -0.2) is 15.5 Å². The third-order valence-corrected chi connectivity index (χ3v) is 5.19. The number of hydrogen-bond acceptors (Lipinski definition) is 3. The average Bonchev–Trinajstić information content (AvgIpc) is 2.80. The molecule has 3 aromatic carbocycles. The number of carbonyl (C=O) groups excluding carboxylic acids is 1. The van der Waals surface area contributed by atoms with Crippen LogP contribution in [0.15, 0.2) is 90.0 Å². The van der Waals surface area contributed by atoms with Gasteiger partial charge in [0.25, 0.3) is 11.5 Å². The van der Waals surface area contributed by atoms with Gasteiger partial charge in [-0.25, -0.2) is 8.78 Å². The molecule has 7 heteroatoms. The molecule has 0 saturated heterocycles. The minimum Gasteiger partial charge on any atom is -0.321 e. The predicted octanol–water partition coefficient (Wildman–Crippen LogP) is 5.07. The summed E-state index contributed by atoms with van der Waals surface area (Å²) in [6, 6.07) is 18.8. The number of anilines is 1. The van der Waals surface area contributed by atoms with Crippen molar-refractivity contribution in [1.29, 1.82) is 0 Å². The molecule has 2 aromatic heterocycles. The third kappa shape index (κ3) is 3.39.